The number of hydrogen-bond acceptors (Lipinski definition) is 3. The maximum atomic E-state index is 12.9. The van der Waals surface area contributed by atoms with Crippen LogP contribution in [0, 0.1) is 0 Å². The Morgan fingerprint density at radius 1 is 1.18 bits per heavy atom. The second-order valence-electron chi connectivity index (χ2n) is 4.87. The largest absolute Gasteiger partial charge is 0.418 e. The lowest BCUT2D eigenvalue weighted by Crippen LogP contribution is -2.45. The van der Waals surface area contributed by atoms with Crippen LogP contribution >= 0.6 is 0 Å². The van der Waals surface area contributed by atoms with Crippen molar-refractivity contribution in [2.45, 2.75) is 32.0 Å². The van der Waals surface area contributed by atoms with Crippen LogP contribution < -0.4 is 5.32 Å². The number of para-hydroxylation sites is 1. The summed E-state index contributed by atoms with van der Waals surface area (Å²) in [6.45, 7) is 1.30. The molecule has 0 radical (unpaired) electrons. The Balaban J connectivity index is 2.19. The molecule has 5 nitrogen and oxygen atoms in total. The number of nitrogens with zero attached hydrogens (tertiary/aromatic N) is 1. The Morgan fingerprint density at radius 3 is 2.27 bits per heavy atom. The van der Waals surface area contributed by atoms with Gasteiger partial charge in [-0.25, -0.2) is 0 Å². The van der Waals surface area contributed by atoms with Crippen molar-refractivity contribution in [1.29, 1.82) is 0 Å². The zero-order valence-corrected chi connectivity index (χ0v) is 11.6. The van der Waals surface area contributed by atoms with E-state index in [9.17, 15) is 27.6 Å². The summed E-state index contributed by atoms with van der Waals surface area (Å²) in [5, 5.41) is 2.13. The summed E-state index contributed by atoms with van der Waals surface area (Å²) in [6, 6.07) is 3.34. The first kappa shape index (κ1) is 16.0. The third-order valence-corrected chi connectivity index (χ3v) is 3.35. The maximum absolute atomic E-state index is 12.9. The maximum Gasteiger partial charge on any atom is 0.418 e. The molecule has 0 aliphatic carbocycles. The number of hydrogen-bond donors (Lipinski definition) is 1. The fourth-order valence-corrected chi connectivity index (χ4v) is 2.22. The van der Waals surface area contributed by atoms with E-state index in [1.165, 1.54) is 19.1 Å². The van der Waals surface area contributed by atoms with Crippen molar-refractivity contribution >= 4 is 23.4 Å². The summed E-state index contributed by atoms with van der Waals surface area (Å²) < 4.78 is 38.6. The number of halogens is 3. The van der Waals surface area contributed by atoms with Crippen LogP contribution in [0.25, 0.3) is 0 Å². The van der Waals surface area contributed by atoms with Crippen LogP contribution in [0.4, 0.5) is 18.9 Å². The van der Waals surface area contributed by atoms with Crippen molar-refractivity contribution < 1.29 is 27.6 Å². The summed E-state index contributed by atoms with van der Waals surface area (Å²) in [4.78, 5) is 35.9. The molecule has 1 heterocycles. The van der Waals surface area contributed by atoms with E-state index in [4.69, 9.17) is 0 Å². The summed E-state index contributed by atoms with van der Waals surface area (Å²) in [5.41, 5.74) is -1.40. The molecule has 1 atom stereocenters. The number of carbonyl (C=O) groups is 3. The average Bonchev–Trinajstić information content (AvgIpc) is 2.76. The molecule has 118 valence electrons. The number of rotatable bonds is 3. The molecule has 8 heteroatoms. The topological polar surface area (TPSA) is 66.5 Å². The van der Waals surface area contributed by atoms with Crippen molar-refractivity contribution in [3.63, 3.8) is 0 Å². The zero-order valence-electron chi connectivity index (χ0n) is 11.6. The Kier molecular flexibility index (Phi) is 4.20. The van der Waals surface area contributed by atoms with Crippen molar-refractivity contribution in [3.05, 3.63) is 29.8 Å². The fraction of sp³-hybridized carbons (Fsp3) is 0.357. The number of benzene rings is 1. The van der Waals surface area contributed by atoms with Gasteiger partial charge in [-0.1, -0.05) is 12.1 Å². The number of nitrogens with one attached hydrogen (secondary N) is 1. The molecule has 1 aromatic rings. The third-order valence-electron chi connectivity index (χ3n) is 3.35. The molecule has 1 aromatic carbocycles. The van der Waals surface area contributed by atoms with E-state index in [2.05, 4.69) is 5.32 Å². The molecule has 0 spiro atoms. The van der Waals surface area contributed by atoms with Gasteiger partial charge in [0.15, 0.2) is 0 Å². The van der Waals surface area contributed by atoms with E-state index in [0.29, 0.717) is 0 Å². The average molecular weight is 314 g/mol. The van der Waals surface area contributed by atoms with Crippen LogP contribution in [-0.2, 0) is 20.6 Å². The van der Waals surface area contributed by atoms with Gasteiger partial charge < -0.3 is 5.32 Å². The minimum absolute atomic E-state index is 0.00952. The number of imide groups is 1. The molecule has 1 saturated heterocycles. The second kappa shape index (κ2) is 5.78. The monoisotopic (exact) mass is 314 g/mol. The van der Waals surface area contributed by atoms with Crippen LogP contribution in [0.5, 0.6) is 0 Å². The van der Waals surface area contributed by atoms with Crippen molar-refractivity contribution in [3.8, 4) is 0 Å². The van der Waals surface area contributed by atoms with Crippen LogP contribution in [0.1, 0.15) is 25.3 Å². The zero-order chi connectivity index (χ0) is 16.5. The van der Waals surface area contributed by atoms with Gasteiger partial charge in [-0.15, -0.1) is 0 Å². The van der Waals surface area contributed by atoms with Crippen LogP contribution in [0.2, 0.25) is 0 Å². The van der Waals surface area contributed by atoms with Gasteiger partial charge in [0.25, 0.3) is 0 Å². The molecular weight excluding hydrogens is 301 g/mol. The van der Waals surface area contributed by atoms with Gasteiger partial charge in [-0.3, -0.25) is 19.3 Å². The van der Waals surface area contributed by atoms with Gasteiger partial charge in [0, 0.05) is 12.8 Å². The lowest BCUT2D eigenvalue weighted by molar-refractivity contribution is -0.145. The summed E-state index contributed by atoms with van der Waals surface area (Å²) in [7, 11) is 0. The Bertz CT molecular complexity index is 612. The first-order valence-electron chi connectivity index (χ1n) is 6.54. The van der Waals surface area contributed by atoms with Gasteiger partial charge in [0.2, 0.25) is 17.7 Å². The summed E-state index contributed by atoms with van der Waals surface area (Å²) in [6.07, 6.45) is -4.60. The van der Waals surface area contributed by atoms with E-state index in [1.807, 2.05) is 0 Å². The number of carbonyl (C=O) groups excluding carboxylic acids is 3. The Labute approximate surface area is 124 Å². The molecule has 2 rings (SSSR count). The highest BCUT2D eigenvalue weighted by Gasteiger charge is 2.38. The molecule has 3 amide bonds. The highest BCUT2D eigenvalue weighted by atomic mass is 19.4. The lowest BCUT2D eigenvalue weighted by atomic mass is 10.1. The minimum Gasteiger partial charge on any atom is -0.324 e. The van der Waals surface area contributed by atoms with E-state index in [-0.39, 0.29) is 12.8 Å². The molecular formula is C14H13F3N2O3. The number of alkyl halides is 3. The number of anilines is 1. The van der Waals surface area contributed by atoms with E-state index < -0.39 is 41.2 Å². The first-order chi connectivity index (χ1) is 10.2. The first-order valence-corrected chi connectivity index (χ1v) is 6.54. The highest BCUT2D eigenvalue weighted by Crippen LogP contribution is 2.34. The van der Waals surface area contributed by atoms with Crippen molar-refractivity contribution in [2.24, 2.45) is 0 Å². The lowest BCUT2D eigenvalue weighted by Gasteiger charge is -2.22. The van der Waals surface area contributed by atoms with Gasteiger partial charge in [0.05, 0.1) is 11.3 Å². The molecule has 1 aliphatic rings. The van der Waals surface area contributed by atoms with Gasteiger partial charge in [-0.2, -0.15) is 13.2 Å². The molecule has 0 bridgehead atoms. The van der Waals surface area contributed by atoms with Crippen LogP contribution in [0.3, 0.4) is 0 Å². The van der Waals surface area contributed by atoms with E-state index in [1.54, 1.807) is 0 Å². The normalized spacial score (nSPS) is 16.8. The number of likely N-dealkylation sites (tertiary alicyclic amines) is 1. The molecule has 1 fully saturated rings. The molecule has 1 N–H and O–H groups in total. The van der Waals surface area contributed by atoms with Crippen molar-refractivity contribution in [1.82, 2.24) is 4.90 Å². The highest BCUT2D eigenvalue weighted by molar-refractivity contribution is 6.07. The van der Waals surface area contributed by atoms with Crippen LogP contribution in [0.15, 0.2) is 24.3 Å². The molecule has 0 saturated carbocycles. The van der Waals surface area contributed by atoms with Gasteiger partial charge in [-0.05, 0) is 19.1 Å². The fourth-order valence-electron chi connectivity index (χ4n) is 2.22. The summed E-state index contributed by atoms with van der Waals surface area (Å²) >= 11 is 0. The standard InChI is InChI=1S/C14H13F3N2O3/c1-8(19-11(20)6-7-12(19)21)13(22)18-10-5-3-2-4-9(10)14(15,16)17/h2-5,8H,6-7H2,1H3,(H,18,22)/t8-/m0/s1. The van der Waals surface area contributed by atoms with Crippen LogP contribution in [-0.4, -0.2) is 28.7 Å². The number of amides is 3. The third kappa shape index (κ3) is 3.10. The van der Waals surface area contributed by atoms with Gasteiger partial charge >= 0.3 is 6.18 Å². The Morgan fingerprint density at radius 2 is 1.73 bits per heavy atom. The molecule has 22 heavy (non-hydrogen) atoms. The molecule has 0 aromatic heterocycles. The minimum atomic E-state index is -4.62. The predicted octanol–water partition coefficient (Wildman–Crippen LogP) is 2.18. The molecule has 1 aliphatic heterocycles. The van der Waals surface area contributed by atoms with E-state index in [0.717, 1.165) is 17.0 Å². The van der Waals surface area contributed by atoms with E-state index >= 15 is 0 Å². The smallest absolute Gasteiger partial charge is 0.324 e. The van der Waals surface area contributed by atoms with Crippen molar-refractivity contribution in [2.75, 3.05) is 5.32 Å². The Hall–Kier alpha value is -2.38. The predicted molar refractivity (Wildman–Crippen MR) is 70.6 cm³/mol. The second-order valence-corrected chi connectivity index (χ2v) is 4.87. The van der Waals surface area contributed by atoms with Gasteiger partial charge in [0.1, 0.15) is 6.04 Å². The summed E-state index contributed by atoms with van der Waals surface area (Å²) in [5.74, 6) is -1.85. The molecule has 0 unspecified atom stereocenters. The quantitative estimate of drug-likeness (QED) is 0.870. The SMILES string of the molecule is C[C@@H](C(=O)Nc1ccccc1C(F)(F)F)N1C(=O)CCC1=O.